The van der Waals surface area contributed by atoms with Crippen LogP contribution in [-0.4, -0.2) is 50.6 Å². The highest BCUT2D eigenvalue weighted by Crippen LogP contribution is 2.16. The van der Waals surface area contributed by atoms with Crippen molar-refractivity contribution in [1.82, 2.24) is 4.90 Å². The molecule has 1 aromatic rings. The number of hydrogen-bond acceptors (Lipinski definition) is 5. The molecule has 0 saturated heterocycles. The van der Waals surface area contributed by atoms with E-state index in [-0.39, 0.29) is 52.8 Å². The predicted octanol–water partition coefficient (Wildman–Crippen LogP) is 0.863. The lowest BCUT2D eigenvalue weighted by molar-refractivity contribution is -0.384. The molecular formula is C11H17IN4O4S. The van der Waals surface area contributed by atoms with E-state index >= 15 is 0 Å². The fourth-order valence-electron chi connectivity index (χ4n) is 1.31. The molecule has 0 saturated carbocycles. The molecule has 1 aromatic carbocycles. The number of hydrogen-bond donors (Lipinski definition) is 1. The Kier molecular flexibility index (Phi) is 7.57. The monoisotopic (exact) mass is 428 g/mol. The SMILES string of the molecule is CN(C)C(N)=NCCS(=O)(=O)c1ccc([N+](=O)[O-])cc1.I. The first kappa shape index (κ1) is 19.6. The number of halogens is 1. The number of rotatable bonds is 5. The zero-order valence-electron chi connectivity index (χ0n) is 11.6. The molecule has 0 atom stereocenters. The van der Waals surface area contributed by atoms with Crippen molar-refractivity contribution in [3.63, 3.8) is 0 Å². The summed E-state index contributed by atoms with van der Waals surface area (Å²) in [6.07, 6.45) is 0. The van der Waals surface area contributed by atoms with Gasteiger partial charge in [0.15, 0.2) is 15.8 Å². The molecular weight excluding hydrogens is 411 g/mol. The molecule has 0 fully saturated rings. The van der Waals surface area contributed by atoms with Crippen molar-refractivity contribution >= 4 is 45.5 Å². The Labute approximate surface area is 140 Å². The average molecular weight is 428 g/mol. The summed E-state index contributed by atoms with van der Waals surface area (Å²) in [5.41, 5.74) is 5.39. The summed E-state index contributed by atoms with van der Waals surface area (Å²) in [6, 6.07) is 4.74. The highest BCUT2D eigenvalue weighted by Gasteiger charge is 2.15. The first-order chi connectivity index (χ1) is 9.24. The van der Waals surface area contributed by atoms with Crippen LogP contribution in [-0.2, 0) is 9.84 Å². The van der Waals surface area contributed by atoms with Gasteiger partial charge >= 0.3 is 0 Å². The zero-order valence-corrected chi connectivity index (χ0v) is 14.7. The summed E-state index contributed by atoms with van der Waals surface area (Å²) in [5, 5.41) is 10.5. The van der Waals surface area contributed by atoms with Gasteiger partial charge in [0.25, 0.3) is 5.69 Å². The quantitative estimate of drug-likeness (QED) is 0.244. The summed E-state index contributed by atoms with van der Waals surface area (Å²) in [7, 11) is -0.132. The minimum Gasteiger partial charge on any atom is -0.370 e. The van der Waals surface area contributed by atoms with Crippen LogP contribution in [0.15, 0.2) is 34.2 Å². The second kappa shape index (κ2) is 8.12. The van der Waals surface area contributed by atoms with Gasteiger partial charge in [0.1, 0.15) is 0 Å². The van der Waals surface area contributed by atoms with Crippen LogP contribution < -0.4 is 5.73 Å². The molecule has 0 aliphatic rings. The Bertz CT molecular complexity index is 614. The summed E-state index contributed by atoms with van der Waals surface area (Å²) < 4.78 is 23.9. The lowest BCUT2D eigenvalue weighted by Crippen LogP contribution is -2.31. The van der Waals surface area contributed by atoms with Crippen molar-refractivity contribution in [1.29, 1.82) is 0 Å². The molecule has 0 amide bonds. The Morgan fingerprint density at radius 3 is 2.29 bits per heavy atom. The number of aliphatic imine (C=N–C) groups is 1. The number of nitrogens with two attached hydrogens (primary N) is 1. The minimum absolute atomic E-state index is 0. The molecule has 0 bridgehead atoms. The van der Waals surface area contributed by atoms with Gasteiger partial charge in [-0.25, -0.2) is 8.42 Å². The summed E-state index contributed by atoms with van der Waals surface area (Å²) >= 11 is 0. The van der Waals surface area contributed by atoms with Gasteiger partial charge in [-0.15, -0.1) is 24.0 Å². The van der Waals surface area contributed by atoms with Gasteiger partial charge in [-0.2, -0.15) is 0 Å². The molecule has 0 unspecified atom stereocenters. The van der Waals surface area contributed by atoms with Crippen molar-refractivity contribution in [2.45, 2.75) is 4.90 Å². The number of nitrogens with zero attached hydrogens (tertiary/aromatic N) is 3. The molecule has 8 nitrogen and oxygen atoms in total. The smallest absolute Gasteiger partial charge is 0.269 e. The number of benzene rings is 1. The fourth-order valence-corrected chi connectivity index (χ4v) is 2.43. The topological polar surface area (TPSA) is 119 Å². The number of nitro groups is 1. The van der Waals surface area contributed by atoms with Crippen LogP contribution >= 0.6 is 24.0 Å². The third-order valence-electron chi connectivity index (χ3n) is 2.50. The van der Waals surface area contributed by atoms with E-state index in [0.717, 1.165) is 12.1 Å². The van der Waals surface area contributed by atoms with E-state index in [4.69, 9.17) is 5.73 Å². The van der Waals surface area contributed by atoms with Crippen molar-refractivity contribution in [2.75, 3.05) is 26.4 Å². The van der Waals surface area contributed by atoms with Crippen LogP contribution in [0, 0.1) is 10.1 Å². The minimum atomic E-state index is -3.53. The second-order valence-electron chi connectivity index (χ2n) is 4.20. The lowest BCUT2D eigenvalue weighted by atomic mass is 10.3. The molecule has 1 rings (SSSR count). The van der Waals surface area contributed by atoms with Gasteiger partial charge in [-0.05, 0) is 12.1 Å². The van der Waals surface area contributed by atoms with Crippen LogP contribution in [0.5, 0.6) is 0 Å². The molecule has 0 aromatic heterocycles. The van der Waals surface area contributed by atoms with Gasteiger partial charge in [-0.1, -0.05) is 0 Å². The Hall–Kier alpha value is -1.43. The largest absolute Gasteiger partial charge is 0.370 e. The maximum atomic E-state index is 12.0. The molecule has 0 spiro atoms. The van der Waals surface area contributed by atoms with E-state index in [1.165, 1.54) is 12.1 Å². The third-order valence-corrected chi connectivity index (χ3v) is 4.21. The summed E-state index contributed by atoms with van der Waals surface area (Å²) in [4.78, 5) is 15.4. The van der Waals surface area contributed by atoms with Gasteiger partial charge in [0.2, 0.25) is 0 Å². The van der Waals surface area contributed by atoms with E-state index < -0.39 is 14.8 Å². The molecule has 118 valence electrons. The number of non-ortho nitro benzene ring substituents is 1. The molecule has 0 radical (unpaired) electrons. The second-order valence-corrected chi connectivity index (χ2v) is 6.31. The van der Waals surface area contributed by atoms with Gasteiger partial charge in [0.05, 0.1) is 22.1 Å². The van der Waals surface area contributed by atoms with Gasteiger partial charge in [0, 0.05) is 26.2 Å². The van der Waals surface area contributed by atoms with Crippen molar-refractivity contribution in [2.24, 2.45) is 10.7 Å². The highest BCUT2D eigenvalue weighted by atomic mass is 127. The first-order valence-electron chi connectivity index (χ1n) is 5.68. The van der Waals surface area contributed by atoms with E-state index in [9.17, 15) is 18.5 Å². The molecule has 0 aliphatic heterocycles. The van der Waals surface area contributed by atoms with Gasteiger partial charge < -0.3 is 10.6 Å². The Morgan fingerprint density at radius 2 is 1.86 bits per heavy atom. The lowest BCUT2D eigenvalue weighted by Gasteiger charge is -2.10. The maximum absolute atomic E-state index is 12.0. The van der Waals surface area contributed by atoms with Gasteiger partial charge in [-0.3, -0.25) is 15.1 Å². The molecule has 0 heterocycles. The molecule has 21 heavy (non-hydrogen) atoms. The number of nitro benzene ring substituents is 1. The van der Waals surface area contributed by atoms with Crippen LogP contribution in [0.25, 0.3) is 0 Å². The van der Waals surface area contributed by atoms with Crippen molar-refractivity contribution < 1.29 is 13.3 Å². The van der Waals surface area contributed by atoms with E-state index in [0.29, 0.717) is 0 Å². The number of guanidine groups is 1. The molecule has 0 aliphatic carbocycles. The Balaban J connectivity index is 0.00000400. The predicted molar refractivity (Wildman–Crippen MR) is 90.7 cm³/mol. The summed E-state index contributed by atoms with van der Waals surface area (Å²) in [5.74, 6) is 0.0307. The maximum Gasteiger partial charge on any atom is 0.269 e. The normalized spacial score (nSPS) is 11.6. The van der Waals surface area contributed by atoms with E-state index in [1.807, 2.05) is 0 Å². The van der Waals surface area contributed by atoms with Crippen LogP contribution in [0.1, 0.15) is 0 Å². The number of sulfone groups is 1. The van der Waals surface area contributed by atoms with Crippen molar-refractivity contribution in [3.05, 3.63) is 34.4 Å². The zero-order chi connectivity index (χ0) is 15.3. The van der Waals surface area contributed by atoms with E-state index in [2.05, 4.69) is 4.99 Å². The molecule has 2 N–H and O–H groups in total. The van der Waals surface area contributed by atoms with Crippen molar-refractivity contribution in [3.8, 4) is 0 Å². The molecule has 10 heteroatoms. The van der Waals surface area contributed by atoms with Crippen LogP contribution in [0.4, 0.5) is 5.69 Å². The third kappa shape index (κ3) is 5.83. The highest BCUT2D eigenvalue weighted by molar-refractivity contribution is 14.0. The van der Waals surface area contributed by atoms with Crippen LogP contribution in [0.2, 0.25) is 0 Å². The fraction of sp³-hybridized carbons (Fsp3) is 0.364. The Morgan fingerprint density at radius 1 is 1.33 bits per heavy atom. The van der Waals surface area contributed by atoms with E-state index in [1.54, 1.807) is 19.0 Å². The standard InChI is InChI=1S/C11H16N4O4S.HI/c1-14(2)11(12)13-7-8-20(18,19)10-5-3-9(4-6-10)15(16)17;/h3-6H,7-8H2,1-2H3,(H2,12,13);1H. The van der Waals surface area contributed by atoms with Crippen LogP contribution in [0.3, 0.4) is 0 Å². The average Bonchev–Trinajstić information content (AvgIpc) is 2.38. The first-order valence-corrected chi connectivity index (χ1v) is 7.34. The summed E-state index contributed by atoms with van der Waals surface area (Å²) in [6.45, 7) is 0.0311.